The lowest BCUT2D eigenvalue weighted by Gasteiger charge is -2.22. The van der Waals surface area contributed by atoms with Gasteiger partial charge in [0.1, 0.15) is 0 Å². The van der Waals surface area contributed by atoms with Crippen molar-refractivity contribution in [1.29, 1.82) is 0 Å². The molecular formula is C13H23N3O. The maximum Gasteiger partial charge on any atom is 0.0616 e. The van der Waals surface area contributed by atoms with E-state index in [-0.39, 0.29) is 6.04 Å². The fourth-order valence-corrected chi connectivity index (χ4v) is 1.86. The van der Waals surface area contributed by atoms with Crippen molar-refractivity contribution in [3.05, 3.63) is 30.1 Å². The van der Waals surface area contributed by atoms with Gasteiger partial charge < -0.3 is 15.8 Å². The molecule has 0 saturated carbocycles. The number of pyridine rings is 1. The van der Waals surface area contributed by atoms with Gasteiger partial charge in [-0.05, 0) is 37.9 Å². The second-order valence-electron chi connectivity index (χ2n) is 4.26. The molecule has 1 heterocycles. The molecule has 2 unspecified atom stereocenters. The minimum atomic E-state index is 0.279. The molecule has 0 aliphatic heterocycles. The van der Waals surface area contributed by atoms with Crippen LogP contribution in [0.5, 0.6) is 0 Å². The second-order valence-corrected chi connectivity index (χ2v) is 4.26. The zero-order chi connectivity index (χ0) is 12.5. The van der Waals surface area contributed by atoms with E-state index in [0.29, 0.717) is 12.6 Å². The Morgan fingerprint density at radius 3 is 2.94 bits per heavy atom. The summed E-state index contributed by atoms with van der Waals surface area (Å²) in [4.78, 5) is 4.13. The predicted octanol–water partition coefficient (Wildman–Crippen LogP) is 1.49. The van der Waals surface area contributed by atoms with Gasteiger partial charge >= 0.3 is 0 Å². The van der Waals surface area contributed by atoms with Gasteiger partial charge in [-0.1, -0.05) is 6.07 Å². The molecular weight excluding hydrogens is 214 g/mol. The SMILES string of the molecule is COCC(CCCN)NC(C)c1cccnc1. The number of rotatable bonds is 8. The van der Waals surface area contributed by atoms with Gasteiger partial charge in [0.2, 0.25) is 0 Å². The molecule has 0 spiro atoms. The van der Waals surface area contributed by atoms with Crippen LogP contribution < -0.4 is 11.1 Å². The lowest BCUT2D eigenvalue weighted by molar-refractivity contribution is 0.156. The first-order valence-electron chi connectivity index (χ1n) is 6.13. The van der Waals surface area contributed by atoms with Crippen LogP contribution in [-0.4, -0.2) is 31.3 Å². The zero-order valence-corrected chi connectivity index (χ0v) is 10.7. The highest BCUT2D eigenvalue weighted by Gasteiger charge is 2.12. The summed E-state index contributed by atoms with van der Waals surface area (Å²) in [6.45, 7) is 3.58. The lowest BCUT2D eigenvalue weighted by Crippen LogP contribution is -2.35. The van der Waals surface area contributed by atoms with E-state index in [2.05, 4.69) is 23.3 Å². The van der Waals surface area contributed by atoms with E-state index in [4.69, 9.17) is 10.5 Å². The van der Waals surface area contributed by atoms with Crippen LogP contribution in [0.1, 0.15) is 31.4 Å². The third-order valence-electron chi connectivity index (χ3n) is 2.79. The molecule has 96 valence electrons. The van der Waals surface area contributed by atoms with Crippen molar-refractivity contribution < 1.29 is 4.74 Å². The third kappa shape index (κ3) is 5.26. The lowest BCUT2D eigenvalue weighted by atomic mass is 10.1. The summed E-state index contributed by atoms with van der Waals surface area (Å²) in [7, 11) is 1.73. The molecule has 3 N–H and O–H groups in total. The molecule has 2 atom stereocenters. The van der Waals surface area contributed by atoms with Gasteiger partial charge in [-0.2, -0.15) is 0 Å². The summed E-state index contributed by atoms with van der Waals surface area (Å²) in [6, 6.07) is 4.66. The van der Waals surface area contributed by atoms with E-state index in [9.17, 15) is 0 Å². The highest BCUT2D eigenvalue weighted by atomic mass is 16.5. The molecule has 1 rings (SSSR count). The molecule has 17 heavy (non-hydrogen) atoms. The number of methoxy groups -OCH3 is 1. The number of nitrogens with zero attached hydrogens (tertiary/aromatic N) is 1. The number of hydrogen-bond donors (Lipinski definition) is 2. The largest absolute Gasteiger partial charge is 0.383 e. The third-order valence-corrected chi connectivity index (χ3v) is 2.79. The summed E-state index contributed by atoms with van der Waals surface area (Å²) >= 11 is 0. The Bertz CT molecular complexity index is 292. The van der Waals surface area contributed by atoms with Crippen LogP contribution in [0.15, 0.2) is 24.5 Å². The zero-order valence-electron chi connectivity index (χ0n) is 10.7. The quantitative estimate of drug-likeness (QED) is 0.719. The topological polar surface area (TPSA) is 60.2 Å². The molecule has 0 aliphatic carbocycles. The monoisotopic (exact) mass is 237 g/mol. The molecule has 0 bridgehead atoms. The van der Waals surface area contributed by atoms with Crippen LogP contribution in [0.25, 0.3) is 0 Å². The van der Waals surface area contributed by atoms with E-state index >= 15 is 0 Å². The Morgan fingerprint density at radius 1 is 1.53 bits per heavy atom. The number of nitrogens with one attached hydrogen (secondary N) is 1. The van der Waals surface area contributed by atoms with E-state index in [0.717, 1.165) is 19.4 Å². The van der Waals surface area contributed by atoms with Crippen LogP contribution in [-0.2, 0) is 4.74 Å². The minimum absolute atomic E-state index is 0.279. The van der Waals surface area contributed by atoms with Crippen LogP contribution >= 0.6 is 0 Å². The van der Waals surface area contributed by atoms with Crippen molar-refractivity contribution in [2.75, 3.05) is 20.3 Å². The normalized spacial score (nSPS) is 14.5. The molecule has 1 aromatic heterocycles. The van der Waals surface area contributed by atoms with Gasteiger partial charge in [-0.3, -0.25) is 4.98 Å². The maximum atomic E-state index is 5.54. The Kier molecular flexibility index (Phi) is 6.77. The Labute approximate surface area is 104 Å². The molecule has 0 aliphatic rings. The standard InChI is InChI=1S/C13H23N3O/c1-11(12-5-4-8-15-9-12)16-13(10-17-2)6-3-7-14/h4-5,8-9,11,13,16H,3,6-7,10,14H2,1-2H3. The van der Waals surface area contributed by atoms with Gasteiger partial charge in [0.15, 0.2) is 0 Å². The van der Waals surface area contributed by atoms with Crippen molar-refractivity contribution in [3.8, 4) is 0 Å². The van der Waals surface area contributed by atoms with Gasteiger partial charge in [0, 0.05) is 31.6 Å². The number of nitrogens with two attached hydrogens (primary N) is 1. The molecule has 4 nitrogen and oxygen atoms in total. The second kappa shape index (κ2) is 8.17. The average molecular weight is 237 g/mol. The molecule has 4 heteroatoms. The number of ether oxygens (including phenoxy) is 1. The number of hydrogen-bond acceptors (Lipinski definition) is 4. The summed E-state index contributed by atoms with van der Waals surface area (Å²) in [5.41, 5.74) is 6.73. The summed E-state index contributed by atoms with van der Waals surface area (Å²) in [5, 5.41) is 3.55. The first-order chi connectivity index (χ1) is 8.27. The van der Waals surface area contributed by atoms with Crippen LogP contribution in [0.2, 0.25) is 0 Å². The van der Waals surface area contributed by atoms with Crippen LogP contribution in [0.4, 0.5) is 0 Å². The predicted molar refractivity (Wildman–Crippen MR) is 69.7 cm³/mol. The van der Waals surface area contributed by atoms with Gasteiger partial charge in [-0.25, -0.2) is 0 Å². The van der Waals surface area contributed by atoms with Crippen molar-refractivity contribution in [2.24, 2.45) is 5.73 Å². The average Bonchev–Trinajstić information content (AvgIpc) is 2.37. The van der Waals surface area contributed by atoms with E-state index < -0.39 is 0 Å². The van der Waals surface area contributed by atoms with Gasteiger partial charge in [0.05, 0.1) is 6.61 Å². The van der Waals surface area contributed by atoms with E-state index in [1.54, 1.807) is 13.3 Å². The van der Waals surface area contributed by atoms with Crippen molar-refractivity contribution in [1.82, 2.24) is 10.3 Å². The van der Waals surface area contributed by atoms with E-state index in [1.165, 1.54) is 5.56 Å². The molecule has 1 aromatic rings. The Morgan fingerprint density at radius 2 is 2.35 bits per heavy atom. The minimum Gasteiger partial charge on any atom is -0.383 e. The molecule has 0 aromatic carbocycles. The van der Waals surface area contributed by atoms with Crippen LogP contribution in [0.3, 0.4) is 0 Å². The van der Waals surface area contributed by atoms with Gasteiger partial charge in [0.25, 0.3) is 0 Å². The molecule has 0 radical (unpaired) electrons. The van der Waals surface area contributed by atoms with Crippen molar-refractivity contribution >= 4 is 0 Å². The summed E-state index contributed by atoms with van der Waals surface area (Å²) in [5.74, 6) is 0. The summed E-state index contributed by atoms with van der Waals surface area (Å²) < 4.78 is 5.22. The highest BCUT2D eigenvalue weighted by Crippen LogP contribution is 2.12. The fourth-order valence-electron chi connectivity index (χ4n) is 1.86. The maximum absolute atomic E-state index is 5.54. The van der Waals surface area contributed by atoms with Crippen molar-refractivity contribution in [2.45, 2.75) is 31.8 Å². The smallest absolute Gasteiger partial charge is 0.0616 e. The van der Waals surface area contributed by atoms with E-state index in [1.807, 2.05) is 12.3 Å². The highest BCUT2D eigenvalue weighted by molar-refractivity contribution is 5.12. The van der Waals surface area contributed by atoms with Crippen LogP contribution in [0, 0.1) is 0 Å². The van der Waals surface area contributed by atoms with Crippen molar-refractivity contribution in [3.63, 3.8) is 0 Å². The molecule has 0 saturated heterocycles. The molecule has 0 fully saturated rings. The first-order valence-corrected chi connectivity index (χ1v) is 6.13. The first kappa shape index (κ1) is 14.1. The Hall–Kier alpha value is -0.970. The molecule has 0 amide bonds. The van der Waals surface area contributed by atoms with Gasteiger partial charge in [-0.15, -0.1) is 0 Å². The summed E-state index contributed by atoms with van der Waals surface area (Å²) in [6.07, 6.45) is 5.73. The fraction of sp³-hybridized carbons (Fsp3) is 0.615. The Balaban J connectivity index is 2.48. The number of aromatic nitrogens is 1.